The molecule has 2 aromatic rings. The van der Waals surface area contributed by atoms with Crippen LogP contribution in [0.4, 0.5) is 0 Å². The molecule has 1 heterocycles. The number of carbonyl (C=O) groups excluding carboxylic acids is 1. The number of nitrogens with zero attached hydrogens (tertiary/aromatic N) is 1. The largest absolute Gasteiger partial charge is 0.480 e. The third-order valence-electron chi connectivity index (χ3n) is 2.91. The van der Waals surface area contributed by atoms with E-state index in [2.05, 4.69) is 10.3 Å². The molecule has 0 aliphatic rings. The summed E-state index contributed by atoms with van der Waals surface area (Å²) in [6.07, 6.45) is 1.58. The van der Waals surface area contributed by atoms with Crippen molar-refractivity contribution in [1.29, 1.82) is 0 Å². The Morgan fingerprint density at radius 1 is 1.25 bits per heavy atom. The molecule has 1 atom stereocenters. The number of nitrogens with one attached hydrogen (secondary N) is 1. The Morgan fingerprint density at radius 3 is 2.75 bits per heavy atom. The molecule has 1 aromatic carbocycles. The zero-order chi connectivity index (χ0) is 14.5. The number of pyridine rings is 1. The summed E-state index contributed by atoms with van der Waals surface area (Å²) >= 11 is 0. The van der Waals surface area contributed by atoms with Gasteiger partial charge in [-0.15, -0.1) is 0 Å². The molecule has 0 saturated heterocycles. The summed E-state index contributed by atoms with van der Waals surface area (Å²) in [5.41, 5.74) is 1.02. The van der Waals surface area contributed by atoms with Gasteiger partial charge in [0.05, 0.1) is 5.52 Å². The van der Waals surface area contributed by atoms with Crippen molar-refractivity contribution >= 4 is 22.8 Å². The summed E-state index contributed by atoms with van der Waals surface area (Å²) in [6, 6.07) is 7.41. The molecule has 104 valence electrons. The van der Waals surface area contributed by atoms with Gasteiger partial charge < -0.3 is 15.5 Å². The van der Waals surface area contributed by atoms with Gasteiger partial charge in [0, 0.05) is 30.2 Å². The number of carboxylic acid groups (broad SMARTS) is 1. The van der Waals surface area contributed by atoms with Crippen LogP contribution in [0.1, 0.15) is 16.8 Å². The molecule has 2 rings (SSSR count). The van der Waals surface area contributed by atoms with Crippen molar-refractivity contribution in [2.24, 2.45) is 0 Å². The van der Waals surface area contributed by atoms with Crippen molar-refractivity contribution in [2.45, 2.75) is 12.5 Å². The van der Waals surface area contributed by atoms with E-state index in [1.54, 1.807) is 36.5 Å². The first-order valence-electron chi connectivity index (χ1n) is 6.11. The second-order valence-corrected chi connectivity index (χ2v) is 4.25. The highest BCUT2D eigenvalue weighted by molar-refractivity contribution is 6.07. The minimum atomic E-state index is -1.18. The summed E-state index contributed by atoms with van der Waals surface area (Å²) in [4.78, 5) is 27.3. The molecule has 0 radical (unpaired) electrons. The van der Waals surface area contributed by atoms with Gasteiger partial charge in [-0.1, -0.05) is 12.1 Å². The van der Waals surface area contributed by atoms with Crippen LogP contribution in [0.15, 0.2) is 36.5 Å². The predicted octanol–water partition coefficient (Wildman–Crippen LogP) is 0.800. The van der Waals surface area contributed by atoms with Gasteiger partial charge in [0.1, 0.15) is 6.04 Å². The second kappa shape index (κ2) is 6.12. The normalized spacial score (nSPS) is 12.1. The number of aromatic nitrogens is 1. The Kier molecular flexibility index (Phi) is 4.27. The van der Waals surface area contributed by atoms with E-state index in [9.17, 15) is 9.59 Å². The molecule has 0 fully saturated rings. The van der Waals surface area contributed by atoms with Crippen LogP contribution in [-0.2, 0) is 4.79 Å². The summed E-state index contributed by atoms with van der Waals surface area (Å²) < 4.78 is 0. The van der Waals surface area contributed by atoms with Crippen molar-refractivity contribution in [3.63, 3.8) is 0 Å². The van der Waals surface area contributed by atoms with Gasteiger partial charge in [-0.3, -0.25) is 9.78 Å². The van der Waals surface area contributed by atoms with Crippen LogP contribution < -0.4 is 5.32 Å². The van der Waals surface area contributed by atoms with Crippen molar-refractivity contribution in [2.75, 3.05) is 6.61 Å². The fraction of sp³-hybridized carbons (Fsp3) is 0.214. The molecule has 6 heteroatoms. The summed E-state index contributed by atoms with van der Waals surface area (Å²) in [5.74, 6) is -1.67. The maximum Gasteiger partial charge on any atom is 0.326 e. The van der Waals surface area contributed by atoms with Crippen LogP contribution >= 0.6 is 0 Å². The van der Waals surface area contributed by atoms with Crippen LogP contribution in [0.3, 0.4) is 0 Å². The van der Waals surface area contributed by atoms with Crippen molar-refractivity contribution in [3.8, 4) is 0 Å². The van der Waals surface area contributed by atoms with E-state index in [-0.39, 0.29) is 13.0 Å². The molecule has 20 heavy (non-hydrogen) atoms. The topological polar surface area (TPSA) is 99.5 Å². The van der Waals surface area contributed by atoms with Gasteiger partial charge in [-0.25, -0.2) is 4.79 Å². The Labute approximate surface area is 115 Å². The van der Waals surface area contributed by atoms with Gasteiger partial charge in [0.25, 0.3) is 5.91 Å². The number of carbonyl (C=O) groups is 2. The zero-order valence-electron chi connectivity index (χ0n) is 10.6. The van der Waals surface area contributed by atoms with Gasteiger partial charge in [0.15, 0.2) is 0 Å². The Hall–Kier alpha value is -2.47. The maximum absolute atomic E-state index is 12.2. The Balaban J connectivity index is 2.29. The Morgan fingerprint density at radius 2 is 2.05 bits per heavy atom. The smallest absolute Gasteiger partial charge is 0.326 e. The highest BCUT2D eigenvalue weighted by atomic mass is 16.4. The predicted molar refractivity (Wildman–Crippen MR) is 72.3 cm³/mol. The van der Waals surface area contributed by atoms with Crippen LogP contribution in [0.2, 0.25) is 0 Å². The first-order valence-corrected chi connectivity index (χ1v) is 6.11. The molecule has 1 amide bonds. The number of hydrogen-bond acceptors (Lipinski definition) is 4. The van der Waals surface area contributed by atoms with E-state index in [4.69, 9.17) is 10.2 Å². The van der Waals surface area contributed by atoms with Crippen molar-refractivity contribution in [1.82, 2.24) is 10.3 Å². The van der Waals surface area contributed by atoms with E-state index < -0.39 is 17.9 Å². The molecule has 1 aromatic heterocycles. The highest BCUT2D eigenvalue weighted by Gasteiger charge is 2.20. The van der Waals surface area contributed by atoms with Gasteiger partial charge in [0.2, 0.25) is 0 Å². The van der Waals surface area contributed by atoms with E-state index in [1.807, 2.05) is 0 Å². The minimum Gasteiger partial charge on any atom is -0.480 e. The lowest BCUT2D eigenvalue weighted by Crippen LogP contribution is -2.41. The highest BCUT2D eigenvalue weighted by Crippen LogP contribution is 2.16. The molecular formula is C14H14N2O4. The number of carboxylic acids is 1. The lowest BCUT2D eigenvalue weighted by molar-refractivity contribution is -0.139. The quantitative estimate of drug-likeness (QED) is 0.749. The molecule has 0 aliphatic carbocycles. The van der Waals surface area contributed by atoms with E-state index in [0.29, 0.717) is 16.5 Å². The fourth-order valence-electron chi connectivity index (χ4n) is 1.92. The van der Waals surface area contributed by atoms with E-state index in [0.717, 1.165) is 0 Å². The summed E-state index contributed by atoms with van der Waals surface area (Å²) in [5, 5.41) is 20.8. The number of benzene rings is 1. The van der Waals surface area contributed by atoms with Gasteiger partial charge >= 0.3 is 5.97 Å². The monoisotopic (exact) mass is 274 g/mol. The number of aliphatic carboxylic acids is 1. The van der Waals surface area contributed by atoms with Crippen molar-refractivity contribution < 1.29 is 19.8 Å². The molecule has 0 aliphatic heterocycles. The third kappa shape index (κ3) is 2.92. The lowest BCUT2D eigenvalue weighted by Gasteiger charge is -2.14. The molecular weight excluding hydrogens is 260 g/mol. The molecule has 0 bridgehead atoms. The number of aliphatic hydroxyl groups is 1. The lowest BCUT2D eigenvalue weighted by atomic mass is 10.1. The maximum atomic E-state index is 12.2. The first kappa shape index (κ1) is 14.0. The summed E-state index contributed by atoms with van der Waals surface area (Å²) in [7, 11) is 0. The molecule has 3 N–H and O–H groups in total. The fourth-order valence-corrected chi connectivity index (χ4v) is 1.92. The second-order valence-electron chi connectivity index (χ2n) is 4.25. The van der Waals surface area contributed by atoms with Gasteiger partial charge in [-0.2, -0.15) is 0 Å². The zero-order valence-corrected chi connectivity index (χ0v) is 10.6. The SMILES string of the molecule is O=C(N[C@H](CCO)C(=O)O)c1cccc2ncccc12. The molecule has 0 spiro atoms. The van der Waals surface area contributed by atoms with Crippen molar-refractivity contribution in [3.05, 3.63) is 42.1 Å². The van der Waals surface area contributed by atoms with Crippen LogP contribution in [0.25, 0.3) is 10.9 Å². The van der Waals surface area contributed by atoms with Crippen LogP contribution in [0, 0.1) is 0 Å². The summed E-state index contributed by atoms with van der Waals surface area (Å²) in [6.45, 7) is -0.311. The Bertz CT molecular complexity index is 637. The van der Waals surface area contributed by atoms with Gasteiger partial charge in [-0.05, 0) is 18.2 Å². The first-order chi connectivity index (χ1) is 9.63. The average molecular weight is 274 g/mol. The van der Waals surface area contributed by atoms with Crippen LogP contribution in [-0.4, -0.2) is 39.7 Å². The minimum absolute atomic E-state index is 0.0376. The van der Waals surface area contributed by atoms with Crippen LogP contribution in [0.5, 0.6) is 0 Å². The van der Waals surface area contributed by atoms with E-state index in [1.165, 1.54) is 0 Å². The molecule has 0 saturated carbocycles. The number of hydrogen-bond donors (Lipinski definition) is 3. The number of rotatable bonds is 5. The standard InChI is InChI=1S/C14H14N2O4/c17-8-6-12(14(19)20)16-13(18)10-3-1-5-11-9(10)4-2-7-15-11/h1-5,7,12,17H,6,8H2,(H,16,18)(H,19,20)/t12-/m1/s1. The average Bonchev–Trinajstić information content (AvgIpc) is 2.46. The third-order valence-corrected chi connectivity index (χ3v) is 2.91. The number of amides is 1. The molecule has 6 nitrogen and oxygen atoms in total. The van der Waals surface area contributed by atoms with E-state index >= 15 is 0 Å². The number of aliphatic hydroxyl groups excluding tert-OH is 1. The number of fused-ring (bicyclic) bond motifs is 1. The molecule has 0 unspecified atom stereocenters.